The Balaban J connectivity index is 0.782. The second kappa shape index (κ2) is 13.2. The third-order valence-corrected chi connectivity index (χ3v) is 12.6. The summed E-state index contributed by atoms with van der Waals surface area (Å²) in [6.45, 7) is 0. The molecule has 0 saturated carbocycles. The van der Waals surface area contributed by atoms with Crippen LogP contribution in [-0.4, -0.2) is 9.97 Å². The number of nitrogens with zero attached hydrogens (tertiary/aromatic N) is 2. The molecule has 13 rings (SSSR count). The van der Waals surface area contributed by atoms with Crippen molar-refractivity contribution in [2.24, 2.45) is 0 Å². The fourth-order valence-electron chi connectivity index (χ4n) is 9.46. The van der Waals surface area contributed by atoms with Crippen LogP contribution in [0, 0.1) is 0 Å². The molecule has 0 saturated heterocycles. The third kappa shape index (κ3) is 5.52. The van der Waals surface area contributed by atoms with Crippen LogP contribution in [0.5, 0.6) is 0 Å². The van der Waals surface area contributed by atoms with Gasteiger partial charge in [0.05, 0.1) is 22.9 Å². The van der Waals surface area contributed by atoms with Crippen molar-refractivity contribution in [3.8, 4) is 44.6 Å². The van der Waals surface area contributed by atoms with Gasteiger partial charge in [0.2, 0.25) is 0 Å². The molecule has 0 spiro atoms. The molecule has 3 nitrogen and oxygen atoms in total. The predicted octanol–water partition coefficient (Wildman–Crippen LogP) is 16.0. The lowest BCUT2D eigenvalue weighted by Crippen LogP contribution is -1.92. The molecule has 0 bridgehead atoms. The van der Waals surface area contributed by atoms with E-state index in [1.165, 1.54) is 76.5 Å². The van der Waals surface area contributed by atoms with Gasteiger partial charge in [-0.1, -0.05) is 146 Å². The summed E-state index contributed by atoms with van der Waals surface area (Å²) in [6, 6.07) is 72.2. The van der Waals surface area contributed by atoms with Crippen LogP contribution in [0.4, 0.5) is 0 Å². The minimum absolute atomic E-state index is 0.874. The quantitative estimate of drug-likeness (QED) is 0.167. The topological polar surface area (TPSA) is 38.9 Å². The summed E-state index contributed by atoms with van der Waals surface area (Å²) in [5, 5.41) is 14.2. The van der Waals surface area contributed by atoms with Crippen LogP contribution in [-0.2, 0) is 0 Å². The second-order valence-electron chi connectivity index (χ2n) is 16.2. The predicted molar refractivity (Wildman–Crippen MR) is 256 cm³/mol. The number of rotatable bonds is 4. The second-order valence-corrected chi connectivity index (χ2v) is 16.2. The van der Waals surface area contributed by atoms with Gasteiger partial charge < -0.3 is 4.42 Å². The number of furan rings is 1. The number of benzene rings is 11. The van der Waals surface area contributed by atoms with Gasteiger partial charge in [0.1, 0.15) is 11.2 Å². The van der Waals surface area contributed by atoms with Crippen molar-refractivity contribution in [3.05, 3.63) is 206 Å². The van der Waals surface area contributed by atoms with E-state index in [1.54, 1.807) is 0 Å². The normalized spacial score (nSPS) is 11.9. The molecule has 0 fully saturated rings. The molecule has 0 atom stereocenters. The van der Waals surface area contributed by atoms with Crippen molar-refractivity contribution < 1.29 is 4.42 Å². The highest BCUT2D eigenvalue weighted by Crippen LogP contribution is 2.37. The lowest BCUT2D eigenvalue weighted by atomic mass is 9.94. The van der Waals surface area contributed by atoms with Gasteiger partial charge in [-0.25, -0.2) is 4.98 Å². The first-order chi connectivity index (χ1) is 30.2. The van der Waals surface area contributed by atoms with Crippen LogP contribution < -0.4 is 0 Å². The van der Waals surface area contributed by atoms with E-state index < -0.39 is 0 Å². The first-order valence-electron chi connectivity index (χ1n) is 20.8. The van der Waals surface area contributed by atoms with Crippen LogP contribution >= 0.6 is 0 Å². The molecule has 0 amide bonds. The van der Waals surface area contributed by atoms with E-state index in [4.69, 9.17) is 14.4 Å². The molecule has 0 unspecified atom stereocenters. The Labute approximate surface area is 350 Å². The van der Waals surface area contributed by atoms with Gasteiger partial charge in [0.25, 0.3) is 0 Å². The minimum atomic E-state index is 0.874. The fraction of sp³-hybridized carbons (Fsp3) is 0. The Morgan fingerprint density at radius 3 is 1.18 bits per heavy atom. The van der Waals surface area contributed by atoms with Gasteiger partial charge in [0.15, 0.2) is 0 Å². The fourth-order valence-corrected chi connectivity index (χ4v) is 9.46. The molecule has 2 aromatic heterocycles. The van der Waals surface area contributed by atoms with Crippen LogP contribution in [0.1, 0.15) is 0 Å². The summed E-state index contributed by atoms with van der Waals surface area (Å²) in [7, 11) is 0. The van der Waals surface area contributed by atoms with Crippen LogP contribution in [0.3, 0.4) is 0 Å². The summed E-state index contributed by atoms with van der Waals surface area (Å²) < 4.78 is 6.07. The van der Waals surface area contributed by atoms with E-state index in [-0.39, 0.29) is 0 Å². The van der Waals surface area contributed by atoms with Crippen molar-refractivity contribution in [3.63, 3.8) is 0 Å². The highest BCUT2D eigenvalue weighted by Gasteiger charge is 2.14. The maximum atomic E-state index is 6.07. The Bertz CT molecular complexity index is 3920. The highest BCUT2D eigenvalue weighted by molar-refractivity contribution is 6.23. The number of hydrogen-bond acceptors (Lipinski definition) is 3. The van der Waals surface area contributed by atoms with Crippen LogP contribution in [0.25, 0.3) is 131 Å². The summed E-state index contributed by atoms with van der Waals surface area (Å²) in [6.07, 6.45) is 1.92. The van der Waals surface area contributed by atoms with Gasteiger partial charge >= 0.3 is 0 Å². The lowest BCUT2D eigenvalue weighted by Gasteiger charge is -2.11. The first kappa shape index (κ1) is 33.8. The van der Waals surface area contributed by atoms with E-state index in [0.717, 1.165) is 55.0 Å². The Morgan fingerprint density at radius 2 is 0.656 bits per heavy atom. The van der Waals surface area contributed by atoms with E-state index in [9.17, 15) is 0 Å². The maximum absolute atomic E-state index is 6.07. The summed E-state index contributed by atoms with van der Waals surface area (Å²) in [5.74, 6) is 0. The van der Waals surface area contributed by atoms with E-state index >= 15 is 0 Å². The van der Waals surface area contributed by atoms with Gasteiger partial charge in [-0.2, -0.15) is 0 Å². The van der Waals surface area contributed by atoms with Crippen molar-refractivity contribution in [2.45, 2.75) is 0 Å². The summed E-state index contributed by atoms with van der Waals surface area (Å²) in [5.41, 5.74) is 12.9. The Morgan fingerprint density at radius 1 is 0.279 bits per heavy atom. The van der Waals surface area contributed by atoms with Gasteiger partial charge in [-0.15, -0.1) is 0 Å². The Kier molecular flexibility index (Phi) is 7.31. The average molecular weight is 775 g/mol. The molecule has 0 aliphatic rings. The molecule has 0 N–H and O–H groups in total. The Hall–Kier alpha value is -8.14. The molecule has 2 heterocycles. The zero-order valence-corrected chi connectivity index (χ0v) is 32.9. The summed E-state index contributed by atoms with van der Waals surface area (Å²) in [4.78, 5) is 10.2. The SMILES string of the molecule is c1ccc2c(c1)oc1ccc(-c3ccc4cc(-c5ccc6cc(-c7ccc8cc(-c9cnc%10c%11ccccc%11c%11ccccc%11c%10n9)ccc8c7)ccc6c5)ccc4c3)cc12. The highest BCUT2D eigenvalue weighted by atomic mass is 16.3. The lowest BCUT2D eigenvalue weighted by molar-refractivity contribution is 0.669. The smallest absolute Gasteiger partial charge is 0.135 e. The maximum Gasteiger partial charge on any atom is 0.135 e. The van der Waals surface area contributed by atoms with Gasteiger partial charge in [-0.05, 0) is 131 Å². The first-order valence-corrected chi connectivity index (χ1v) is 20.8. The molecular formula is C58H34N2O. The average Bonchev–Trinajstić information content (AvgIpc) is 3.71. The zero-order chi connectivity index (χ0) is 40.0. The molecule has 3 heteroatoms. The van der Waals surface area contributed by atoms with Crippen molar-refractivity contribution in [1.82, 2.24) is 9.97 Å². The molecule has 11 aromatic carbocycles. The van der Waals surface area contributed by atoms with E-state index in [1.807, 2.05) is 18.3 Å². The number of fused-ring (bicyclic) bond motifs is 12. The van der Waals surface area contributed by atoms with E-state index in [0.29, 0.717) is 0 Å². The number of hydrogen-bond donors (Lipinski definition) is 0. The molecule has 61 heavy (non-hydrogen) atoms. The molecule has 0 radical (unpaired) electrons. The largest absolute Gasteiger partial charge is 0.456 e. The number of aromatic nitrogens is 2. The third-order valence-electron chi connectivity index (χ3n) is 12.6. The monoisotopic (exact) mass is 774 g/mol. The van der Waals surface area contributed by atoms with Crippen molar-refractivity contribution >= 4 is 86.8 Å². The van der Waals surface area contributed by atoms with Crippen LogP contribution in [0.15, 0.2) is 211 Å². The van der Waals surface area contributed by atoms with Gasteiger partial charge in [0, 0.05) is 27.1 Å². The summed E-state index contributed by atoms with van der Waals surface area (Å²) >= 11 is 0. The van der Waals surface area contributed by atoms with E-state index in [2.05, 4.69) is 188 Å². The standard InChI is InChI=1S/C58H34N2O/c1-3-10-51-48(7-1)49-8-2-4-11-52(49)58-57(51)59-34-54(60-58)47-24-23-43-30-41(20-22-45(43)32-47)39-16-15-35-27-36(13-14-37(35)28-39)38-17-18-42-31-44(21-19-40(42)29-38)46-25-26-56-53(33-46)50-9-5-6-12-55(50)61-56/h1-34H. The number of para-hydroxylation sites is 1. The van der Waals surface area contributed by atoms with Crippen molar-refractivity contribution in [1.29, 1.82) is 0 Å². The molecule has 13 aromatic rings. The zero-order valence-electron chi connectivity index (χ0n) is 32.9. The van der Waals surface area contributed by atoms with Crippen LogP contribution in [0.2, 0.25) is 0 Å². The van der Waals surface area contributed by atoms with Gasteiger partial charge in [-0.3, -0.25) is 4.98 Å². The molecular weight excluding hydrogens is 741 g/mol. The molecule has 282 valence electrons. The molecule has 0 aliphatic carbocycles. The van der Waals surface area contributed by atoms with Crippen molar-refractivity contribution in [2.75, 3.05) is 0 Å². The molecule has 0 aliphatic heterocycles. The minimum Gasteiger partial charge on any atom is -0.456 e.